The Bertz CT molecular complexity index is 319. The Morgan fingerprint density at radius 2 is 2.11 bits per heavy atom. The van der Waals surface area contributed by atoms with Crippen molar-refractivity contribution < 1.29 is 19.4 Å². The third kappa shape index (κ3) is 5.46. The Labute approximate surface area is 113 Å². The third-order valence-electron chi connectivity index (χ3n) is 3.19. The van der Waals surface area contributed by atoms with Gasteiger partial charge < -0.3 is 20.5 Å². The zero-order valence-corrected chi connectivity index (χ0v) is 11.9. The Kier molecular flexibility index (Phi) is 5.60. The number of ether oxygens (including phenoxy) is 1. The van der Waals surface area contributed by atoms with Crippen LogP contribution in [0, 0.1) is 11.3 Å². The summed E-state index contributed by atoms with van der Waals surface area (Å²) < 4.78 is 5.32. The van der Waals surface area contributed by atoms with E-state index in [-0.39, 0.29) is 0 Å². The monoisotopic (exact) mass is 272 g/mol. The molecule has 0 saturated carbocycles. The van der Waals surface area contributed by atoms with Gasteiger partial charge in [-0.3, -0.25) is 0 Å². The smallest absolute Gasteiger partial charge is 0.326 e. The van der Waals surface area contributed by atoms with Gasteiger partial charge in [0.2, 0.25) is 0 Å². The molecule has 19 heavy (non-hydrogen) atoms. The summed E-state index contributed by atoms with van der Waals surface area (Å²) in [7, 11) is 0. The minimum atomic E-state index is -1.02. The number of carbonyl (C=O) groups excluding carboxylic acids is 1. The first kappa shape index (κ1) is 15.8. The highest BCUT2D eigenvalue weighted by Crippen LogP contribution is 2.19. The predicted octanol–water partition coefficient (Wildman–Crippen LogP) is 1.21. The molecule has 1 aliphatic heterocycles. The molecule has 0 radical (unpaired) electrons. The minimum Gasteiger partial charge on any atom is -0.480 e. The van der Waals surface area contributed by atoms with Gasteiger partial charge in [-0.15, -0.1) is 0 Å². The van der Waals surface area contributed by atoms with E-state index in [4.69, 9.17) is 9.84 Å². The van der Waals surface area contributed by atoms with Gasteiger partial charge in [-0.25, -0.2) is 9.59 Å². The molecule has 0 bridgehead atoms. The van der Waals surface area contributed by atoms with Gasteiger partial charge in [-0.05, 0) is 24.2 Å². The molecular formula is C13H24N2O4. The Hall–Kier alpha value is -1.30. The fraction of sp³-hybridized carbons (Fsp3) is 0.846. The van der Waals surface area contributed by atoms with Crippen LogP contribution in [0.15, 0.2) is 0 Å². The summed E-state index contributed by atoms with van der Waals surface area (Å²) >= 11 is 0. The molecule has 1 fully saturated rings. The molecule has 0 aromatic heterocycles. The van der Waals surface area contributed by atoms with Gasteiger partial charge in [0, 0.05) is 13.2 Å². The van der Waals surface area contributed by atoms with Crippen molar-refractivity contribution >= 4 is 12.0 Å². The lowest BCUT2D eigenvalue weighted by molar-refractivity contribution is -0.141. The molecule has 1 rings (SSSR count). The highest BCUT2D eigenvalue weighted by Gasteiger charge is 2.32. The van der Waals surface area contributed by atoms with E-state index < -0.39 is 23.5 Å². The second-order valence-corrected chi connectivity index (χ2v) is 6.07. The first-order valence-electron chi connectivity index (χ1n) is 6.65. The number of amides is 2. The number of carboxylic acids is 1. The van der Waals surface area contributed by atoms with Crippen molar-refractivity contribution in [2.45, 2.75) is 39.7 Å². The maximum atomic E-state index is 11.7. The lowest BCUT2D eigenvalue weighted by atomic mass is 9.87. The van der Waals surface area contributed by atoms with Crippen LogP contribution in [0.3, 0.4) is 0 Å². The number of nitrogens with one attached hydrogen (secondary N) is 2. The highest BCUT2D eigenvalue weighted by molar-refractivity contribution is 5.83. The number of urea groups is 1. The van der Waals surface area contributed by atoms with E-state index in [2.05, 4.69) is 10.6 Å². The second-order valence-electron chi connectivity index (χ2n) is 6.07. The van der Waals surface area contributed by atoms with Gasteiger partial charge in [0.25, 0.3) is 0 Å². The van der Waals surface area contributed by atoms with E-state index in [1.165, 1.54) is 0 Å². The molecule has 3 N–H and O–H groups in total. The van der Waals surface area contributed by atoms with Gasteiger partial charge in [0.05, 0.1) is 6.61 Å². The molecule has 1 heterocycles. The number of rotatable bonds is 4. The van der Waals surface area contributed by atoms with Crippen LogP contribution in [0.1, 0.15) is 33.6 Å². The Morgan fingerprint density at radius 1 is 1.42 bits per heavy atom. The van der Waals surface area contributed by atoms with E-state index in [1.807, 2.05) is 0 Å². The zero-order valence-electron chi connectivity index (χ0n) is 11.9. The molecule has 0 aromatic rings. The number of hydrogen-bond donors (Lipinski definition) is 3. The molecule has 2 atom stereocenters. The second kappa shape index (κ2) is 6.75. The van der Waals surface area contributed by atoms with Gasteiger partial charge in [0.15, 0.2) is 0 Å². The number of aliphatic carboxylic acids is 1. The molecule has 0 spiro atoms. The van der Waals surface area contributed by atoms with Crippen molar-refractivity contribution in [2.24, 2.45) is 11.3 Å². The number of hydrogen-bond acceptors (Lipinski definition) is 3. The van der Waals surface area contributed by atoms with E-state index >= 15 is 0 Å². The molecule has 1 unspecified atom stereocenters. The minimum absolute atomic E-state index is 0.317. The molecule has 1 saturated heterocycles. The number of carbonyl (C=O) groups is 2. The average Bonchev–Trinajstić information content (AvgIpc) is 2.33. The fourth-order valence-corrected chi connectivity index (χ4v) is 2.04. The summed E-state index contributed by atoms with van der Waals surface area (Å²) in [6.07, 6.45) is 2.04. The number of carboxylic acid groups (broad SMARTS) is 1. The van der Waals surface area contributed by atoms with Crippen molar-refractivity contribution in [3.05, 3.63) is 0 Å². The van der Waals surface area contributed by atoms with Crippen LogP contribution in [0.2, 0.25) is 0 Å². The van der Waals surface area contributed by atoms with E-state index in [9.17, 15) is 9.59 Å². The van der Waals surface area contributed by atoms with Crippen molar-refractivity contribution in [3.8, 4) is 0 Å². The van der Waals surface area contributed by atoms with E-state index in [0.29, 0.717) is 19.1 Å². The summed E-state index contributed by atoms with van der Waals surface area (Å²) in [6, 6.07) is -1.34. The van der Waals surface area contributed by atoms with Crippen LogP contribution in [0.25, 0.3) is 0 Å². The molecule has 0 aromatic carbocycles. The van der Waals surface area contributed by atoms with Crippen LogP contribution in [-0.2, 0) is 9.53 Å². The topological polar surface area (TPSA) is 87.7 Å². The molecule has 2 amide bonds. The average molecular weight is 272 g/mol. The largest absolute Gasteiger partial charge is 0.480 e. The molecular weight excluding hydrogens is 248 g/mol. The molecule has 6 heteroatoms. The first-order chi connectivity index (χ1) is 8.80. The van der Waals surface area contributed by atoms with E-state index in [0.717, 1.165) is 19.4 Å². The Balaban J connectivity index is 2.38. The standard InChI is InChI=1S/C13H24N2O4/c1-13(2,3)10(11(16)17)15-12(18)14-7-9-5-4-6-19-8-9/h9-10H,4-8H2,1-3H3,(H,16,17)(H2,14,15,18)/t9?,10-/m0/s1. The van der Waals surface area contributed by atoms with Gasteiger partial charge in [-0.2, -0.15) is 0 Å². The maximum Gasteiger partial charge on any atom is 0.326 e. The summed E-state index contributed by atoms with van der Waals surface area (Å²) in [6.45, 7) is 7.29. The van der Waals surface area contributed by atoms with Crippen LogP contribution < -0.4 is 10.6 Å². The van der Waals surface area contributed by atoms with Crippen LogP contribution in [0.4, 0.5) is 4.79 Å². The SMILES string of the molecule is CC(C)(C)[C@@H](NC(=O)NCC1CCCOC1)C(=O)O. The highest BCUT2D eigenvalue weighted by atomic mass is 16.5. The van der Waals surface area contributed by atoms with E-state index in [1.54, 1.807) is 20.8 Å². The fourth-order valence-electron chi connectivity index (χ4n) is 2.04. The van der Waals surface area contributed by atoms with Crippen LogP contribution in [-0.4, -0.2) is 42.9 Å². The van der Waals surface area contributed by atoms with Gasteiger partial charge >= 0.3 is 12.0 Å². The van der Waals surface area contributed by atoms with Gasteiger partial charge in [-0.1, -0.05) is 20.8 Å². The predicted molar refractivity (Wildman–Crippen MR) is 71.0 cm³/mol. The molecule has 110 valence electrons. The van der Waals surface area contributed by atoms with Crippen molar-refractivity contribution in [1.82, 2.24) is 10.6 Å². The summed E-state index contributed by atoms with van der Waals surface area (Å²) in [4.78, 5) is 22.8. The van der Waals surface area contributed by atoms with Crippen LogP contribution in [0.5, 0.6) is 0 Å². The van der Waals surface area contributed by atoms with Crippen molar-refractivity contribution in [1.29, 1.82) is 0 Å². The normalized spacial score (nSPS) is 21.5. The van der Waals surface area contributed by atoms with Crippen molar-refractivity contribution in [3.63, 3.8) is 0 Å². The third-order valence-corrected chi connectivity index (χ3v) is 3.19. The van der Waals surface area contributed by atoms with Crippen LogP contribution >= 0.6 is 0 Å². The maximum absolute atomic E-state index is 11.7. The lowest BCUT2D eigenvalue weighted by Crippen LogP contribution is -2.53. The summed E-state index contributed by atoms with van der Waals surface area (Å²) in [5.41, 5.74) is -0.531. The lowest BCUT2D eigenvalue weighted by Gasteiger charge is -2.28. The summed E-state index contributed by atoms with van der Waals surface area (Å²) in [5, 5.41) is 14.3. The first-order valence-corrected chi connectivity index (χ1v) is 6.65. The van der Waals surface area contributed by atoms with Gasteiger partial charge in [0.1, 0.15) is 6.04 Å². The Morgan fingerprint density at radius 3 is 2.58 bits per heavy atom. The summed E-state index contributed by atoms with van der Waals surface area (Å²) in [5.74, 6) is -0.707. The quantitative estimate of drug-likeness (QED) is 0.718. The molecule has 0 aliphatic carbocycles. The molecule has 6 nitrogen and oxygen atoms in total. The zero-order chi connectivity index (χ0) is 14.5. The molecule has 1 aliphatic rings. The van der Waals surface area contributed by atoms with Crippen molar-refractivity contribution in [2.75, 3.05) is 19.8 Å².